The predicted molar refractivity (Wildman–Crippen MR) is 104 cm³/mol. The monoisotopic (exact) mass is 454 g/mol. The molecule has 1 aliphatic heterocycles. The molecule has 5 nitrogen and oxygen atoms in total. The molecule has 1 heterocycles. The summed E-state index contributed by atoms with van der Waals surface area (Å²) in [5.41, 5.74) is 1.11. The Hall–Kier alpha value is -1.77. The average molecular weight is 455 g/mol. The van der Waals surface area contributed by atoms with Crippen LogP contribution in [0.2, 0.25) is 0 Å². The fraction of sp³-hybridized carbons (Fsp3) is 0.316. The molecule has 3 rings (SSSR count). The number of amides is 1. The second-order valence-corrected chi connectivity index (χ2v) is 9.21. The van der Waals surface area contributed by atoms with E-state index in [1.807, 2.05) is 0 Å². The highest BCUT2D eigenvalue weighted by molar-refractivity contribution is 9.10. The quantitative estimate of drug-likeness (QED) is 0.748. The Morgan fingerprint density at radius 3 is 2.37 bits per heavy atom. The maximum absolute atomic E-state index is 13.1. The van der Waals surface area contributed by atoms with Crippen LogP contribution in [0.4, 0.5) is 4.39 Å². The SMILES string of the molecule is O=C(NCc1ccc(S(=O)(=O)N2CCCCC2)cc1)c1ccc(F)cc1Br. The van der Waals surface area contributed by atoms with Crippen molar-refractivity contribution in [1.29, 1.82) is 0 Å². The lowest BCUT2D eigenvalue weighted by atomic mass is 10.2. The van der Waals surface area contributed by atoms with Crippen LogP contribution in [-0.4, -0.2) is 31.7 Å². The number of benzene rings is 2. The van der Waals surface area contributed by atoms with Crippen LogP contribution in [0.1, 0.15) is 35.2 Å². The normalized spacial score (nSPS) is 15.5. The van der Waals surface area contributed by atoms with Crippen molar-refractivity contribution in [3.63, 3.8) is 0 Å². The topological polar surface area (TPSA) is 66.5 Å². The lowest BCUT2D eigenvalue weighted by Crippen LogP contribution is -2.35. The van der Waals surface area contributed by atoms with Gasteiger partial charge in [-0.3, -0.25) is 4.79 Å². The zero-order valence-electron chi connectivity index (χ0n) is 14.6. The molecular formula is C19H20BrFN2O3S. The molecular weight excluding hydrogens is 435 g/mol. The molecule has 1 fully saturated rings. The molecule has 1 aliphatic rings. The van der Waals surface area contributed by atoms with Crippen molar-refractivity contribution >= 4 is 31.9 Å². The third kappa shape index (κ3) is 4.75. The van der Waals surface area contributed by atoms with E-state index in [1.54, 1.807) is 24.3 Å². The summed E-state index contributed by atoms with van der Waals surface area (Å²) in [6.07, 6.45) is 2.85. The second kappa shape index (κ2) is 8.50. The maximum atomic E-state index is 13.1. The van der Waals surface area contributed by atoms with Crippen molar-refractivity contribution in [2.75, 3.05) is 13.1 Å². The first kappa shape index (κ1) is 20.0. The van der Waals surface area contributed by atoms with Crippen molar-refractivity contribution in [3.05, 3.63) is 63.9 Å². The standard InChI is InChI=1S/C19H20BrFN2O3S/c20-18-12-15(21)6-9-17(18)19(24)22-13-14-4-7-16(8-5-14)27(25,26)23-10-2-1-3-11-23/h4-9,12H,1-3,10-11,13H2,(H,22,24). The summed E-state index contributed by atoms with van der Waals surface area (Å²) >= 11 is 3.17. The third-order valence-electron chi connectivity index (χ3n) is 4.50. The van der Waals surface area contributed by atoms with Crippen molar-refractivity contribution in [2.45, 2.75) is 30.7 Å². The van der Waals surface area contributed by atoms with E-state index in [-0.39, 0.29) is 17.3 Å². The fourth-order valence-corrected chi connectivity index (χ4v) is 5.03. The first-order valence-corrected chi connectivity index (χ1v) is 10.9. The number of sulfonamides is 1. The van der Waals surface area contributed by atoms with Gasteiger partial charge in [0, 0.05) is 24.1 Å². The molecule has 0 spiro atoms. The Morgan fingerprint density at radius 1 is 1.07 bits per heavy atom. The van der Waals surface area contributed by atoms with Gasteiger partial charge in [0.2, 0.25) is 10.0 Å². The minimum absolute atomic E-state index is 0.243. The van der Waals surface area contributed by atoms with Crippen LogP contribution in [0.15, 0.2) is 51.8 Å². The van der Waals surface area contributed by atoms with Gasteiger partial charge in [-0.25, -0.2) is 12.8 Å². The molecule has 0 saturated carbocycles. The van der Waals surface area contributed by atoms with Gasteiger partial charge in [-0.05, 0) is 64.7 Å². The highest BCUT2D eigenvalue weighted by Gasteiger charge is 2.25. The highest BCUT2D eigenvalue weighted by atomic mass is 79.9. The van der Waals surface area contributed by atoms with Crippen LogP contribution in [-0.2, 0) is 16.6 Å². The molecule has 1 amide bonds. The minimum Gasteiger partial charge on any atom is -0.348 e. The molecule has 0 atom stereocenters. The number of hydrogen-bond donors (Lipinski definition) is 1. The molecule has 0 unspecified atom stereocenters. The van der Waals surface area contributed by atoms with E-state index < -0.39 is 15.8 Å². The van der Waals surface area contributed by atoms with Crippen LogP contribution >= 0.6 is 15.9 Å². The van der Waals surface area contributed by atoms with E-state index in [1.165, 1.54) is 22.5 Å². The van der Waals surface area contributed by atoms with Gasteiger partial charge in [0.15, 0.2) is 0 Å². The summed E-state index contributed by atoms with van der Waals surface area (Å²) in [4.78, 5) is 12.5. The van der Waals surface area contributed by atoms with E-state index in [0.717, 1.165) is 24.8 Å². The fourth-order valence-electron chi connectivity index (χ4n) is 2.98. The third-order valence-corrected chi connectivity index (χ3v) is 7.07. The van der Waals surface area contributed by atoms with Crippen molar-refractivity contribution in [1.82, 2.24) is 9.62 Å². The van der Waals surface area contributed by atoms with Gasteiger partial charge >= 0.3 is 0 Å². The van der Waals surface area contributed by atoms with Crippen LogP contribution in [0, 0.1) is 5.82 Å². The summed E-state index contributed by atoms with van der Waals surface area (Å²) in [5.74, 6) is -0.768. The maximum Gasteiger partial charge on any atom is 0.252 e. The molecule has 1 saturated heterocycles. The van der Waals surface area contributed by atoms with E-state index in [9.17, 15) is 17.6 Å². The van der Waals surface area contributed by atoms with Crippen molar-refractivity contribution in [2.24, 2.45) is 0 Å². The number of carbonyl (C=O) groups is 1. The summed E-state index contributed by atoms with van der Waals surface area (Å²) in [6.45, 7) is 1.37. The molecule has 8 heteroatoms. The second-order valence-electron chi connectivity index (χ2n) is 6.42. The number of carbonyl (C=O) groups excluding carboxylic acids is 1. The van der Waals surface area contributed by atoms with Gasteiger partial charge in [-0.2, -0.15) is 4.31 Å². The largest absolute Gasteiger partial charge is 0.348 e. The molecule has 0 bridgehead atoms. The van der Waals surface area contributed by atoms with Gasteiger partial charge in [-0.1, -0.05) is 18.6 Å². The van der Waals surface area contributed by atoms with Crippen LogP contribution in [0.5, 0.6) is 0 Å². The Labute approximate surface area is 166 Å². The summed E-state index contributed by atoms with van der Waals surface area (Å²) in [7, 11) is -3.46. The van der Waals surface area contributed by atoms with Gasteiger partial charge < -0.3 is 5.32 Å². The van der Waals surface area contributed by atoms with Crippen LogP contribution in [0.25, 0.3) is 0 Å². The highest BCUT2D eigenvalue weighted by Crippen LogP contribution is 2.21. The molecule has 0 aromatic heterocycles. The van der Waals surface area contributed by atoms with Gasteiger partial charge in [0.1, 0.15) is 5.82 Å². The lowest BCUT2D eigenvalue weighted by molar-refractivity contribution is 0.0950. The molecule has 0 aliphatic carbocycles. The number of nitrogens with one attached hydrogen (secondary N) is 1. The minimum atomic E-state index is -3.46. The number of hydrogen-bond acceptors (Lipinski definition) is 3. The number of piperidine rings is 1. The molecule has 27 heavy (non-hydrogen) atoms. The molecule has 2 aromatic rings. The van der Waals surface area contributed by atoms with Gasteiger partial charge in [0.05, 0.1) is 10.5 Å². The Kier molecular flexibility index (Phi) is 6.29. The van der Waals surface area contributed by atoms with Crippen molar-refractivity contribution in [3.8, 4) is 0 Å². The molecule has 0 radical (unpaired) electrons. The predicted octanol–water partition coefficient (Wildman–Crippen LogP) is 3.69. The van der Waals surface area contributed by atoms with E-state index in [0.29, 0.717) is 23.1 Å². The molecule has 144 valence electrons. The number of rotatable bonds is 5. The first-order chi connectivity index (χ1) is 12.9. The summed E-state index contributed by atoms with van der Waals surface area (Å²) < 4.78 is 40.3. The molecule has 1 N–H and O–H groups in total. The first-order valence-electron chi connectivity index (χ1n) is 8.70. The smallest absolute Gasteiger partial charge is 0.252 e. The van der Waals surface area contributed by atoms with E-state index in [4.69, 9.17) is 0 Å². The van der Waals surface area contributed by atoms with E-state index >= 15 is 0 Å². The Balaban J connectivity index is 1.64. The van der Waals surface area contributed by atoms with Crippen LogP contribution < -0.4 is 5.32 Å². The Morgan fingerprint density at radius 2 is 1.74 bits per heavy atom. The van der Waals surface area contributed by atoms with Crippen LogP contribution in [0.3, 0.4) is 0 Å². The molecule has 2 aromatic carbocycles. The summed E-state index contributed by atoms with van der Waals surface area (Å²) in [5, 5.41) is 2.75. The number of halogens is 2. The van der Waals surface area contributed by atoms with Gasteiger partial charge in [-0.15, -0.1) is 0 Å². The van der Waals surface area contributed by atoms with Gasteiger partial charge in [0.25, 0.3) is 5.91 Å². The summed E-state index contributed by atoms with van der Waals surface area (Å²) in [6, 6.07) is 10.4. The van der Waals surface area contributed by atoms with E-state index in [2.05, 4.69) is 21.2 Å². The van der Waals surface area contributed by atoms with Crippen molar-refractivity contribution < 1.29 is 17.6 Å². The average Bonchev–Trinajstić information content (AvgIpc) is 2.67. The Bertz CT molecular complexity index is 926. The zero-order valence-corrected chi connectivity index (χ0v) is 17.0. The lowest BCUT2D eigenvalue weighted by Gasteiger charge is -2.25. The zero-order chi connectivity index (χ0) is 19.4. The number of nitrogens with zero attached hydrogens (tertiary/aromatic N) is 1.